The van der Waals surface area contributed by atoms with Gasteiger partial charge in [0, 0.05) is 36.6 Å². The van der Waals surface area contributed by atoms with Crippen LogP contribution in [0.4, 0.5) is 16.3 Å². The average molecular weight is 738 g/mol. The van der Waals surface area contributed by atoms with Crippen LogP contribution >= 0.6 is 0 Å². The standard InChI is InChI=1S/C42H55N7O5/c1-6-7-8-11-24-53-42(52)47-40(43)30-14-17-32(18-15-30)45-27-38-46-34-26-31(16-20-35(34)48(38)5)41(51)49(37-12-9-10-22-44-37)23-21-39(50)54-36-25-29(4)13-19-33(36)28(2)3/h9-10,12,14-18,20,22,26,28-29,33,36,45H,6-8,11,13,19,21,23-25,27H2,1-5H3,(H2,43,47,52). The lowest BCUT2D eigenvalue weighted by atomic mass is 9.75. The number of carbonyl (C=O) groups is 3. The zero-order valence-corrected chi connectivity index (χ0v) is 32.3. The fourth-order valence-corrected chi connectivity index (χ4v) is 7.03. The van der Waals surface area contributed by atoms with E-state index in [1.165, 1.54) is 4.90 Å². The molecule has 4 aromatic rings. The molecule has 1 saturated carbocycles. The summed E-state index contributed by atoms with van der Waals surface area (Å²) in [5.74, 6) is 2.04. The summed E-state index contributed by atoms with van der Waals surface area (Å²) in [4.78, 5) is 53.9. The highest BCUT2D eigenvalue weighted by Crippen LogP contribution is 2.35. The molecule has 1 fully saturated rings. The van der Waals surface area contributed by atoms with Crippen LogP contribution in [0, 0.1) is 17.8 Å². The molecule has 2 amide bonds. The van der Waals surface area contributed by atoms with E-state index in [1.807, 2.05) is 35.9 Å². The number of ether oxygens (including phenoxy) is 2. The van der Waals surface area contributed by atoms with Gasteiger partial charge in [-0.05, 0) is 91.6 Å². The number of anilines is 2. The van der Waals surface area contributed by atoms with Crippen LogP contribution < -0.4 is 16.0 Å². The third-order valence-corrected chi connectivity index (χ3v) is 10.2. The Labute approximate surface area is 318 Å². The highest BCUT2D eigenvalue weighted by molar-refractivity contribution is 6.07. The van der Waals surface area contributed by atoms with Crippen molar-refractivity contribution >= 4 is 46.3 Å². The first kappa shape index (κ1) is 39.9. The van der Waals surface area contributed by atoms with E-state index in [2.05, 4.69) is 43.0 Å². The number of hydrogen-bond donors (Lipinski definition) is 2. The first-order valence-corrected chi connectivity index (χ1v) is 19.3. The molecular formula is C42H55N7O5. The largest absolute Gasteiger partial charge is 0.462 e. The van der Waals surface area contributed by atoms with Crippen molar-refractivity contribution in [3.05, 3.63) is 83.8 Å². The van der Waals surface area contributed by atoms with Gasteiger partial charge in [0.05, 0.1) is 30.6 Å². The number of carbonyl (C=O) groups excluding carboxylic acids is 3. The minimum absolute atomic E-state index is 0.0613. The van der Waals surface area contributed by atoms with Crippen LogP contribution in [0.5, 0.6) is 0 Å². The molecule has 0 saturated heterocycles. The number of aliphatic imine (C=N–C) groups is 1. The lowest BCUT2D eigenvalue weighted by Crippen LogP contribution is -2.37. The van der Waals surface area contributed by atoms with Gasteiger partial charge >= 0.3 is 12.1 Å². The first-order valence-electron chi connectivity index (χ1n) is 19.3. The number of fused-ring (bicyclic) bond motifs is 1. The molecule has 0 radical (unpaired) electrons. The molecule has 12 nitrogen and oxygen atoms in total. The van der Waals surface area contributed by atoms with Gasteiger partial charge in [-0.2, -0.15) is 4.99 Å². The Morgan fingerprint density at radius 2 is 1.81 bits per heavy atom. The topological polar surface area (TPSA) is 154 Å². The number of benzene rings is 2. The smallest absolute Gasteiger partial charge is 0.435 e. The normalized spacial score (nSPS) is 17.4. The third-order valence-electron chi connectivity index (χ3n) is 10.2. The molecular weight excluding hydrogens is 683 g/mol. The molecule has 1 aliphatic rings. The number of unbranched alkanes of at least 4 members (excludes halogenated alkanes) is 3. The monoisotopic (exact) mass is 737 g/mol. The van der Waals surface area contributed by atoms with Gasteiger partial charge in [-0.25, -0.2) is 14.8 Å². The maximum absolute atomic E-state index is 14.0. The molecule has 0 aliphatic heterocycles. The molecule has 12 heteroatoms. The molecule has 3 unspecified atom stereocenters. The average Bonchev–Trinajstić information content (AvgIpc) is 3.48. The number of pyridine rings is 1. The van der Waals surface area contributed by atoms with Crippen molar-refractivity contribution < 1.29 is 23.9 Å². The Balaban J connectivity index is 1.22. The summed E-state index contributed by atoms with van der Waals surface area (Å²) in [5, 5.41) is 3.38. The van der Waals surface area contributed by atoms with E-state index in [0.29, 0.717) is 53.4 Å². The molecule has 288 valence electrons. The molecule has 3 N–H and O–H groups in total. The molecule has 1 aliphatic carbocycles. The minimum atomic E-state index is -0.688. The molecule has 2 aromatic carbocycles. The van der Waals surface area contributed by atoms with Crippen LogP contribution in [0.25, 0.3) is 11.0 Å². The number of aryl methyl sites for hydroxylation is 1. The zero-order valence-electron chi connectivity index (χ0n) is 32.3. The molecule has 5 rings (SSSR count). The number of amides is 2. The first-order chi connectivity index (χ1) is 26.0. The van der Waals surface area contributed by atoms with Crippen LogP contribution in [-0.2, 0) is 27.9 Å². The predicted octanol–water partition coefficient (Wildman–Crippen LogP) is 8.04. The summed E-state index contributed by atoms with van der Waals surface area (Å²) >= 11 is 0. The molecule has 54 heavy (non-hydrogen) atoms. The molecule has 0 spiro atoms. The van der Waals surface area contributed by atoms with Crippen molar-refractivity contribution in [1.29, 1.82) is 0 Å². The van der Waals surface area contributed by atoms with Crippen molar-refractivity contribution in [3.63, 3.8) is 0 Å². The third kappa shape index (κ3) is 10.7. The summed E-state index contributed by atoms with van der Waals surface area (Å²) in [6.07, 6.45) is 8.02. The Morgan fingerprint density at radius 1 is 1.04 bits per heavy atom. The Morgan fingerprint density at radius 3 is 2.54 bits per heavy atom. The number of aromatic nitrogens is 3. The van der Waals surface area contributed by atoms with Gasteiger partial charge in [-0.15, -0.1) is 0 Å². The van der Waals surface area contributed by atoms with Crippen LogP contribution in [0.15, 0.2) is 71.9 Å². The predicted molar refractivity (Wildman–Crippen MR) is 212 cm³/mol. The fourth-order valence-electron chi connectivity index (χ4n) is 7.03. The highest BCUT2D eigenvalue weighted by atomic mass is 16.5. The maximum Gasteiger partial charge on any atom is 0.435 e. The van der Waals surface area contributed by atoms with Crippen molar-refractivity contribution in [1.82, 2.24) is 14.5 Å². The quantitative estimate of drug-likeness (QED) is 0.0503. The summed E-state index contributed by atoms with van der Waals surface area (Å²) in [5.41, 5.74) is 9.48. The number of rotatable bonds is 16. The Kier molecular flexibility index (Phi) is 14.2. The Hall–Kier alpha value is -5.26. The van der Waals surface area contributed by atoms with Gasteiger partial charge < -0.3 is 25.1 Å². The van der Waals surface area contributed by atoms with Crippen LogP contribution in [0.3, 0.4) is 0 Å². The minimum Gasteiger partial charge on any atom is -0.462 e. The molecule has 0 bridgehead atoms. The number of esters is 1. The lowest BCUT2D eigenvalue weighted by Gasteiger charge is -2.36. The van der Waals surface area contributed by atoms with Gasteiger partial charge in [0.2, 0.25) is 0 Å². The summed E-state index contributed by atoms with van der Waals surface area (Å²) < 4.78 is 13.2. The fraction of sp³-hybridized carbons (Fsp3) is 0.476. The lowest BCUT2D eigenvalue weighted by molar-refractivity contribution is -0.155. The van der Waals surface area contributed by atoms with E-state index in [9.17, 15) is 14.4 Å². The maximum atomic E-state index is 14.0. The van der Waals surface area contributed by atoms with Gasteiger partial charge in [-0.1, -0.05) is 59.4 Å². The van der Waals surface area contributed by atoms with E-state index in [4.69, 9.17) is 20.2 Å². The molecule has 2 aromatic heterocycles. The molecule has 2 heterocycles. The summed E-state index contributed by atoms with van der Waals surface area (Å²) in [6.45, 7) is 9.60. The number of nitrogens with one attached hydrogen (secondary N) is 1. The van der Waals surface area contributed by atoms with E-state index in [-0.39, 0.29) is 36.8 Å². The van der Waals surface area contributed by atoms with Crippen molar-refractivity contribution in [2.75, 3.05) is 23.4 Å². The second-order valence-electron chi connectivity index (χ2n) is 14.6. The second-order valence-corrected chi connectivity index (χ2v) is 14.6. The summed E-state index contributed by atoms with van der Waals surface area (Å²) in [7, 11) is 1.93. The zero-order chi connectivity index (χ0) is 38.6. The Bertz CT molecular complexity index is 1890. The van der Waals surface area contributed by atoms with E-state index >= 15 is 0 Å². The molecule has 3 atom stereocenters. The van der Waals surface area contributed by atoms with Gasteiger partial charge in [0.15, 0.2) is 0 Å². The van der Waals surface area contributed by atoms with Crippen molar-refractivity contribution in [3.8, 4) is 0 Å². The van der Waals surface area contributed by atoms with E-state index in [0.717, 1.165) is 62.0 Å². The highest BCUT2D eigenvalue weighted by Gasteiger charge is 2.33. The van der Waals surface area contributed by atoms with E-state index < -0.39 is 6.09 Å². The number of nitrogens with two attached hydrogens (primary N) is 1. The van der Waals surface area contributed by atoms with Crippen LogP contribution in [-0.4, -0.2) is 57.6 Å². The van der Waals surface area contributed by atoms with Gasteiger partial charge in [-0.3, -0.25) is 14.5 Å². The second kappa shape index (κ2) is 19.2. The van der Waals surface area contributed by atoms with Crippen molar-refractivity contribution in [2.45, 2.75) is 91.7 Å². The number of imidazole rings is 1. The van der Waals surface area contributed by atoms with Gasteiger partial charge in [0.1, 0.15) is 23.6 Å². The van der Waals surface area contributed by atoms with Crippen LogP contribution in [0.1, 0.15) is 101 Å². The number of nitrogens with zero attached hydrogens (tertiary/aromatic N) is 5. The van der Waals surface area contributed by atoms with Crippen molar-refractivity contribution in [2.24, 2.45) is 35.5 Å². The number of amidine groups is 1. The van der Waals surface area contributed by atoms with Gasteiger partial charge in [0.25, 0.3) is 5.91 Å². The SMILES string of the molecule is CCCCCCOC(=O)N=C(N)c1ccc(NCc2nc3cc(C(=O)N(CCC(=O)OC4CC(C)CCC4C(C)C)c4ccccn4)ccc3n2C)cc1. The van der Waals surface area contributed by atoms with Crippen LogP contribution in [0.2, 0.25) is 0 Å². The summed E-state index contributed by atoms with van der Waals surface area (Å²) in [6, 6.07) is 18.1. The number of hydrogen-bond acceptors (Lipinski definition) is 8. The van der Waals surface area contributed by atoms with E-state index in [1.54, 1.807) is 42.6 Å².